The summed E-state index contributed by atoms with van der Waals surface area (Å²) in [5.41, 5.74) is 10.3. The molecule has 4 aliphatic rings. The van der Waals surface area contributed by atoms with Gasteiger partial charge in [-0.1, -0.05) is 73.7 Å². The first kappa shape index (κ1) is 39.6. The molecule has 4 heterocycles. The molecule has 58 heavy (non-hydrogen) atoms. The number of piperazine rings is 1. The van der Waals surface area contributed by atoms with E-state index in [9.17, 15) is 24.4 Å². The number of nitrogens with zero attached hydrogens (tertiary/aromatic N) is 4. The fraction of sp³-hybridized carbons (Fsp3) is 0.383. The van der Waals surface area contributed by atoms with Crippen LogP contribution in [0.25, 0.3) is 11.1 Å². The number of imide groups is 1. The van der Waals surface area contributed by atoms with Crippen molar-refractivity contribution >= 4 is 52.8 Å². The normalized spacial score (nSPS) is 19.6. The van der Waals surface area contributed by atoms with Crippen LogP contribution in [0.3, 0.4) is 0 Å². The Morgan fingerprint density at radius 1 is 0.741 bits per heavy atom. The Morgan fingerprint density at radius 2 is 1.40 bits per heavy atom. The van der Waals surface area contributed by atoms with Crippen LogP contribution >= 0.6 is 0 Å². The molecule has 4 aromatic carbocycles. The lowest BCUT2D eigenvalue weighted by molar-refractivity contribution is -0.136. The highest BCUT2D eigenvalue weighted by molar-refractivity contribution is 6.58. The monoisotopic (exact) mass is 779 g/mol. The summed E-state index contributed by atoms with van der Waals surface area (Å²) >= 11 is 0. The van der Waals surface area contributed by atoms with Crippen molar-refractivity contribution in [3.8, 4) is 0 Å². The van der Waals surface area contributed by atoms with Gasteiger partial charge in [0.05, 0.1) is 0 Å². The average Bonchev–Trinajstić information content (AvgIpc) is 3.58. The maximum Gasteiger partial charge on any atom is 0.488 e. The molecule has 10 nitrogen and oxygen atoms in total. The average molecular weight is 780 g/mol. The third-order valence-corrected chi connectivity index (χ3v) is 12.7. The first-order valence-corrected chi connectivity index (χ1v) is 21.1. The summed E-state index contributed by atoms with van der Waals surface area (Å²) in [5.74, 6) is -0.0358. The maximum atomic E-state index is 13.1. The molecule has 3 saturated heterocycles. The number of hydrogen-bond donors (Lipinski definition) is 3. The lowest BCUT2D eigenvalue weighted by Gasteiger charge is -2.37. The van der Waals surface area contributed by atoms with Gasteiger partial charge >= 0.3 is 7.12 Å². The number of piperidine rings is 2. The smallest absolute Gasteiger partial charge is 0.423 e. The van der Waals surface area contributed by atoms with E-state index in [0.717, 1.165) is 86.1 Å². The minimum Gasteiger partial charge on any atom is -0.423 e. The Balaban J connectivity index is 0.807. The van der Waals surface area contributed by atoms with Gasteiger partial charge in [-0.05, 0) is 120 Å². The van der Waals surface area contributed by atoms with Crippen LogP contribution in [-0.2, 0) is 16.1 Å². The molecule has 1 atom stereocenters. The number of fused-ring (bicyclic) bond motifs is 1. The van der Waals surface area contributed by atoms with Crippen molar-refractivity contribution in [2.75, 3.05) is 55.6 Å². The SMILES string of the molecule is CC/C(=C(\c1ccc(B(O)O)cc1)c1ccc(N2CCN(CCCC3CCN(c4ccc5c(c4)CN(C4CCC(=O)NC4=O)C5=O)CC3)CC2)cc1)c1ccccc1. The summed E-state index contributed by atoms with van der Waals surface area (Å²) < 4.78 is 0. The van der Waals surface area contributed by atoms with E-state index in [1.165, 1.54) is 42.5 Å². The zero-order valence-electron chi connectivity index (χ0n) is 33.5. The molecule has 1 unspecified atom stereocenters. The quantitative estimate of drug-likeness (QED) is 0.101. The molecular formula is C47H54BN5O5. The van der Waals surface area contributed by atoms with Crippen molar-refractivity contribution in [2.24, 2.45) is 5.92 Å². The highest BCUT2D eigenvalue weighted by atomic mass is 16.4. The summed E-state index contributed by atoms with van der Waals surface area (Å²) in [6.45, 7) is 9.89. The number of rotatable bonds is 12. The Labute approximate surface area is 342 Å². The molecule has 3 N–H and O–H groups in total. The van der Waals surface area contributed by atoms with Crippen molar-refractivity contribution in [3.63, 3.8) is 0 Å². The van der Waals surface area contributed by atoms with E-state index < -0.39 is 13.2 Å². The van der Waals surface area contributed by atoms with Gasteiger partial charge in [0, 0.05) is 69.2 Å². The number of hydrogen-bond acceptors (Lipinski definition) is 8. The van der Waals surface area contributed by atoms with Gasteiger partial charge in [-0.15, -0.1) is 0 Å². The molecule has 0 bridgehead atoms. The van der Waals surface area contributed by atoms with Gasteiger partial charge in [-0.2, -0.15) is 0 Å². The molecule has 3 fully saturated rings. The fourth-order valence-electron chi connectivity index (χ4n) is 9.41. The topological polar surface area (TPSA) is 117 Å². The van der Waals surface area contributed by atoms with Gasteiger partial charge in [0.1, 0.15) is 6.04 Å². The number of carbonyl (C=O) groups excluding carboxylic acids is 3. The summed E-state index contributed by atoms with van der Waals surface area (Å²) in [6.07, 6.45) is 6.30. The van der Waals surface area contributed by atoms with E-state index in [2.05, 4.69) is 81.5 Å². The number of carbonyl (C=O) groups is 3. The minimum atomic E-state index is -1.49. The van der Waals surface area contributed by atoms with Crippen molar-refractivity contribution in [2.45, 2.75) is 64.5 Å². The van der Waals surface area contributed by atoms with Crippen LogP contribution in [0.4, 0.5) is 11.4 Å². The fourth-order valence-corrected chi connectivity index (χ4v) is 9.41. The number of nitrogens with one attached hydrogen (secondary N) is 1. The van der Waals surface area contributed by atoms with E-state index in [1.54, 1.807) is 17.0 Å². The molecule has 4 aromatic rings. The molecule has 0 aliphatic carbocycles. The van der Waals surface area contributed by atoms with Gasteiger partial charge < -0.3 is 24.7 Å². The largest absolute Gasteiger partial charge is 0.488 e. The van der Waals surface area contributed by atoms with E-state index in [1.807, 2.05) is 30.3 Å². The molecule has 8 rings (SSSR count). The van der Waals surface area contributed by atoms with Crippen LogP contribution in [-0.4, -0.2) is 96.5 Å². The third-order valence-electron chi connectivity index (χ3n) is 12.7. The van der Waals surface area contributed by atoms with E-state index in [0.29, 0.717) is 24.0 Å². The van der Waals surface area contributed by atoms with Crippen LogP contribution in [0, 0.1) is 5.92 Å². The molecule has 0 saturated carbocycles. The summed E-state index contributed by atoms with van der Waals surface area (Å²) in [4.78, 5) is 46.4. The first-order chi connectivity index (χ1) is 28.2. The second-order valence-electron chi connectivity index (χ2n) is 16.3. The van der Waals surface area contributed by atoms with Gasteiger partial charge in [0.2, 0.25) is 11.8 Å². The lowest BCUT2D eigenvalue weighted by atomic mass is 9.79. The Kier molecular flexibility index (Phi) is 12.1. The van der Waals surface area contributed by atoms with Crippen molar-refractivity contribution in [1.82, 2.24) is 15.1 Å². The Bertz CT molecular complexity index is 2130. The van der Waals surface area contributed by atoms with Gasteiger partial charge in [0.15, 0.2) is 0 Å². The number of benzene rings is 4. The number of allylic oxidation sites excluding steroid dienone is 1. The molecule has 0 spiro atoms. The highest BCUT2D eigenvalue weighted by Gasteiger charge is 2.39. The maximum absolute atomic E-state index is 13.1. The Hall–Kier alpha value is -5.23. The van der Waals surface area contributed by atoms with Crippen LogP contribution in [0.2, 0.25) is 0 Å². The van der Waals surface area contributed by atoms with Crippen LogP contribution in [0.1, 0.15) is 84.5 Å². The summed E-state index contributed by atoms with van der Waals surface area (Å²) in [6, 6.07) is 32.5. The second kappa shape index (κ2) is 17.7. The predicted molar refractivity (Wildman–Crippen MR) is 231 cm³/mol. The summed E-state index contributed by atoms with van der Waals surface area (Å²) in [5, 5.41) is 21.8. The lowest BCUT2D eigenvalue weighted by Crippen LogP contribution is -2.52. The van der Waals surface area contributed by atoms with Gasteiger partial charge in [0.25, 0.3) is 5.91 Å². The first-order valence-electron chi connectivity index (χ1n) is 21.1. The molecule has 0 radical (unpaired) electrons. The van der Waals surface area contributed by atoms with Gasteiger partial charge in [-0.3, -0.25) is 24.6 Å². The molecular weight excluding hydrogens is 725 g/mol. The third kappa shape index (κ3) is 8.62. The number of anilines is 2. The minimum absolute atomic E-state index is 0.121. The number of amides is 3. The molecule has 0 aromatic heterocycles. The molecule has 300 valence electrons. The van der Waals surface area contributed by atoms with E-state index in [4.69, 9.17) is 0 Å². The van der Waals surface area contributed by atoms with Crippen LogP contribution in [0.5, 0.6) is 0 Å². The van der Waals surface area contributed by atoms with Crippen molar-refractivity contribution in [1.29, 1.82) is 0 Å². The molecule has 11 heteroatoms. The highest BCUT2D eigenvalue weighted by Crippen LogP contribution is 2.36. The zero-order chi connectivity index (χ0) is 40.2. The second-order valence-corrected chi connectivity index (χ2v) is 16.3. The predicted octanol–water partition coefficient (Wildman–Crippen LogP) is 5.32. The zero-order valence-corrected chi connectivity index (χ0v) is 33.5. The molecule has 3 amide bonds. The Morgan fingerprint density at radius 3 is 2.05 bits per heavy atom. The van der Waals surface area contributed by atoms with E-state index in [-0.39, 0.29) is 24.1 Å². The standard InChI is InChI=1S/C47H54BN5O5/c1-2-41(34-8-4-3-5-9-34)45(35-10-14-38(15-11-35)48(57)58)36-12-16-39(17-13-36)52-29-27-50(28-30-52)24-6-7-33-22-25-51(26-23-33)40-18-19-42-37(31-40)32-53(47(42)56)43-20-21-44(54)49-46(43)55/h3-5,8-19,31,33,43,57-58H,2,6-7,20-30,32H2,1H3,(H,49,54,55)/b45-41-. The van der Waals surface area contributed by atoms with Crippen LogP contribution < -0.4 is 20.6 Å². The van der Waals surface area contributed by atoms with Crippen molar-refractivity contribution < 1.29 is 24.4 Å². The molecule has 4 aliphatic heterocycles. The van der Waals surface area contributed by atoms with E-state index >= 15 is 0 Å². The van der Waals surface area contributed by atoms with Gasteiger partial charge in [-0.25, -0.2) is 0 Å². The summed E-state index contributed by atoms with van der Waals surface area (Å²) in [7, 11) is -1.49. The van der Waals surface area contributed by atoms with Crippen molar-refractivity contribution in [3.05, 3.63) is 125 Å². The van der Waals surface area contributed by atoms with Crippen LogP contribution in [0.15, 0.2) is 97.1 Å².